The van der Waals surface area contributed by atoms with E-state index in [0.717, 1.165) is 19.5 Å². The van der Waals surface area contributed by atoms with Gasteiger partial charge in [0.25, 0.3) is 0 Å². The predicted molar refractivity (Wildman–Crippen MR) is 45.6 cm³/mol. The first kappa shape index (κ1) is 9.52. The van der Waals surface area contributed by atoms with E-state index in [9.17, 15) is 4.79 Å². The molecule has 0 aliphatic carbocycles. The van der Waals surface area contributed by atoms with Crippen molar-refractivity contribution in [2.45, 2.75) is 32.8 Å². The minimum Gasteiger partial charge on any atom is -0.460 e. The topological polar surface area (TPSA) is 42.9 Å². The molecular formula is C9H18NO2+. The normalized spacial score (nSPS) is 24.1. The minimum atomic E-state index is -0.334. The fourth-order valence-corrected chi connectivity index (χ4v) is 1.36. The summed E-state index contributed by atoms with van der Waals surface area (Å²) in [6.07, 6.45) is 0.967. The highest BCUT2D eigenvalue weighted by molar-refractivity contribution is 5.73. The Hall–Kier alpha value is -0.570. The molecule has 0 amide bonds. The molecule has 0 aromatic rings. The Morgan fingerprint density at radius 3 is 2.58 bits per heavy atom. The number of hydrogen-bond donors (Lipinski definition) is 1. The highest BCUT2D eigenvalue weighted by Crippen LogP contribution is 2.13. The summed E-state index contributed by atoms with van der Waals surface area (Å²) in [5.41, 5.74) is -0.334. The van der Waals surface area contributed by atoms with E-state index in [1.165, 1.54) is 0 Å². The van der Waals surface area contributed by atoms with Crippen LogP contribution in [0.25, 0.3) is 0 Å². The lowest BCUT2D eigenvalue weighted by atomic mass is 10.1. The number of carbonyl (C=O) groups is 1. The molecule has 1 atom stereocenters. The van der Waals surface area contributed by atoms with Gasteiger partial charge in [0.1, 0.15) is 11.5 Å². The van der Waals surface area contributed by atoms with Gasteiger partial charge in [-0.1, -0.05) is 0 Å². The predicted octanol–water partition coefficient (Wildman–Crippen LogP) is -0.0886. The van der Waals surface area contributed by atoms with Gasteiger partial charge in [-0.2, -0.15) is 0 Å². The second-order valence-corrected chi connectivity index (χ2v) is 4.33. The third-order valence-corrected chi connectivity index (χ3v) is 1.91. The summed E-state index contributed by atoms with van der Waals surface area (Å²) in [4.78, 5) is 11.4. The van der Waals surface area contributed by atoms with E-state index in [1.807, 2.05) is 20.8 Å². The summed E-state index contributed by atoms with van der Waals surface area (Å²) in [5.74, 6) is 0.0977. The monoisotopic (exact) mass is 172 g/mol. The molecule has 12 heavy (non-hydrogen) atoms. The van der Waals surface area contributed by atoms with Gasteiger partial charge in [-0.05, 0) is 20.8 Å². The summed E-state index contributed by atoms with van der Waals surface area (Å²) in [6, 6.07) is 0. The van der Waals surface area contributed by atoms with Crippen molar-refractivity contribution in [2.24, 2.45) is 5.92 Å². The minimum absolute atomic E-state index is 0.0312. The first-order valence-corrected chi connectivity index (χ1v) is 4.53. The van der Waals surface area contributed by atoms with Gasteiger partial charge in [0.2, 0.25) is 0 Å². The average molecular weight is 172 g/mol. The molecular weight excluding hydrogens is 154 g/mol. The van der Waals surface area contributed by atoms with Gasteiger partial charge in [-0.3, -0.25) is 4.79 Å². The molecule has 0 spiro atoms. The highest BCUT2D eigenvalue weighted by Gasteiger charge is 2.29. The van der Waals surface area contributed by atoms with Crippen molar-refractivity contribution < 1.29 is 14.8 Å². The number of rotatable bonds is 1. The van der Waals surface area contributed by atoms with Crippen molar-refractivity contribution >= 4 is 5.97 Å². The SMILES string of the molecule is CC(C)(C)OC(=O)[C@H]1CC[NH2+]C1. The van der Waals surface area contributed by atoms with E-state index in [2.05, 4.69) is 5.32 Å². The Morgan fingerprint density at radius 2 is 2.17 bits per heavy atom. The molecule has 3 heteroatoms. The Labute approximate surface area is 73.5 Å². The lowest BCUT2D eigenvalue weighted by Crippen LogP contribution is -2.81. The third kappa shape index (κ3) is 2.81. The van der Waals surface area contributed by atoms with Crippen LogP contribution >= 0.6 is 0 Å². The molecule has 0 bridgehead atoms. The zero-order chi connectivity index (χ0) is 9.19. The number of hydrogen-bond acceptors (Lipinski definition) is 2. The van der Waals surface area contributed by atoms with E-state index in [1.54, 1.807) is 0 Å². The van der Waals surface area contributed by atoms with E-state index in [4.69, 9.17) is 4.74 Å². The van der Waals surface area contributed by atoms with Crippen LogP contribution in [0.4, 0.5) is 0 Å². The van der Waals surface area contributed by atoms with Gasteiger partial charge in [-0.15, -0.1) is 0 Å². The van der Waals surface area contributed by atoms with Crippen molar-refractivity contribution in [3.05, 3.63) is 0 Å². The van der Waals surface area contributed by atoms with Crippen molar-refractivity contribution in [2.75, 3.05) is 13.1 Å². The summed E-state index contributed by atoms with van der Waals surface area (Å²) in [7, 11) is 0. The molecule has 1 rings (SSSR count). The standard InChI is InChI=1S/C9H17NO2/c1-9(2,3)12-8(11)7-4-5-10-6-7/h7,10H,4-6H2,1-3H3/p+1/t7-/m0/s1. The lowest BCUT2D eigenvalue weighted by Gasteiger charge is -2.20. The molecule has 1 fully saturated rings. The summed E-state index contributed by atoms with van der Waals surface area (Å²) < 4.78 is 5.26. The molecule has 0 radical (unpaired) electrons. The van der Waals surface area contributed by atoms with Gasteiger partial charge in [0.05, 0.1) is 13.1 Å². The summed E-state index contributed by atoms with van der Waals surface area (Å²) in [5, 5.41) is 2.16. The van der Waals surface area contributed by atoms with Crippen LogP contribution in [-0.4, -0.2) is 24.7 Å². The molecule has 1 saturated heterocycles. The van der Waals surface area contributed by atoms with Gasteiger partial charge < -0.3 is 10.1 Å². The average Bonchev–Trinajstić information content (AvgIpc) is 2.32. The molecule has 1 aliphatic heterocycles. The second kappa shape index (κ2) is 3.44. The molecule has 0 saturated carbocycles. The number of quaternary nitrogens is 1. The zero-order valence-corrected chi connectivity index (χ0v) is 8.09. The van der Waals surface area contributed by atoms with Crippen LogP contribution in [0.15, 0.2) is 0 Å². The van der Waals surface area contributed by atoms with Crippen molar-refractivity contribution in [1.29, 1.82) is 0 Å². The molecule has 2 N–H and O–H groups in total. The Balaban J connectivity index is 2.37. The van der Waals surface area contributed by atoms with Gasteiger partial charge >= 0.3 is 5.97 Å². The smallest absolute Gasteiger partial charge is 0.315 e. The Bertz CT molecular complexity index is 166. The summed E-state index contributed by atoms with van der Waals surface area (Å²) in [6.45, 7) is 7.68. The third-order valence-electron chi connectivity index (χ3n) is 1.91. The van der Waals surface area contributed by atoms with Gasteiger partial charge in [0, 0.05) is 6.42 Å². The number of carbonyl (C=O) groups excluding carboxylic acids is 1. The quantitative estimate of drug-likeness (QED) is 0.562. The second-order valence-electron chi connectivity index (χ2n) is 4.33. The fourth-order valence-electron chi connectivity index (χ4n) is 1.36. The zero-order valence-electron chi connectivity index (χ0n) is 8.09. The van der Waals surface area contributed by atoms with Gasteiger partial charge in [-0.25, -0.2) is 0 Å². The molecule has 0 aromatic carbocycles. The molecule has 3 nitrogen and oxygen atoms in total. The molecule has 70 valence electrons. The van der Waals surface area contributed by atoms with Crippen LogP contribution in [0.5, 0.6) is 0 Å². The Morgan fingerprint density at radius 1 is 1.50 bits per heavy atom. The molecule has 0 aromatic heterocycles. The maximum Gasteiger partial charge on any atom is 0.315 e. The molecule has 1 heterocycles. The van der Waals surface area contributed by atoms with Crippen LogP contribution in [0.1, 0.15) is 27.2 Å². The maximum atomic E-state index is 11.4. The van der Waals surface area contributed by atoms with E-state index >= 15 is 0 Å². The van der Waals surface area contributed by atoms with Gasteiger partial charge in [0.15, 0.2) is 0 Å². The van der Waals surface area contributed by atoms with Crippen LogP contribution < -0.4 is 5.32 Å². The number of ether oxygens (including phenoxy) is 1. The Kier molecular flexibility index (Phi) is 2.73. The van der Waals surface area contributed by atoms with E-state index in [0.29, 0.717) is 0 Å². The first-order valence-electron chi connectivity index (χ1n) is 4.53. The molecule has 1 aliphatic rings. The number of esters is 1. The van der Waals surface area contributed by atoms with Crippen LogP contribution in [0.3, 0.4) is 0 Å². The largest absolute Gasteiger partial charge is 0.460 e. The van der Waals surface area contributed by atoms with Crippen molar-refractivity contribution in [3.63, 3.8) is 0 Å². The number of nitrogens with two attached hydrogens (primary N) is 1. The van der Waals surface area contributed by atoms with Crippen molar-refractivity contribution in [1.82, 2.24) is 0 Å². The van der Waals surface area contributed by atoms with Crippen LogP contribution in [0.2, 0.25) is 0 Å². The van der Waals surface area contributed by atoms with E-state index < -0.39 is 0 Å². The van der Waals surface area contributed by atoms with E-state index in [-0.39, 0.29) is 17.5 Å². The lowest BCUT2D eigenvalue weighted by molar-refractivity contribution is -0.637. The summed E-state index contributed by atoms with van der Waals surface area (Å²) >= 11 is 0. The van der Waals surface area contributed by atoms with Crippen LogP contribution in [-0.2, 0) is 9.53 Å². The van der Waals surface area contributed by atoms with Crippen molar-refractivity contribution in [3.8, 4) is 0 Å². The molecule has 0 unspecified atom stereocenters. The first-order chi connectivity index (χ1) is 5.49. The van der Waals surface area contributed by atoms with Crippen LogP contribution in [0, 0.1) is 5.92 Å². The highest BCUT2D eigenvalue weighted by atomic mass is 16.6. The maximum absolute atomic E-state index is 11.4. The fraction of sp³-hybridized carbons (Fsp3) is 0.889.